The number of carbonyl (C=O) groups excluding carboxylic acids is 3. The number of carbonyl (C=O) groups is 3. The van der Waals surface area contributed by atoms with Gasteiger partial charge in [0.05, 0.1) is 10.9 Å². The molecule has 5 rings (SSSR count). The van der Waals surface area contributed by atoms with Crippen molar-refractivity contribution in [3.8, 4) is 11.3 Å². The van der Waals surface area contributed by atoms with Gasteiger partial charge in [0.15, 0.2) is 5.13 Å². The van der Waals surface area contributed by atoms with E-state index in [-0.39, 0.29) is 22.8 Å². The molecule has 0 saturated heterocycles. The lowest BCUT2D eigenvalue weighted by molar-refractivity contribution is -0.115. The van der Waals surface area contributed by atoms with Gasteiger partial charge < -0.3 is 20.9 Å². The first kappa shape index (κ1) is 34.2. The zero-order valence-corrected chi connectivity index (χ0v) is 29.0. The standard InChI is InChI=1S/C38H37N5O3S2/c1-24-11-15-28(16-12-24)34-25(2)48-38(41-34)42-35(44)26(3)47-32-21-17-30(18-22-32)39-37(46)33(40-36(45)29-9-7-6-8-10-29)23-27-13-19-31(20-14-27)43(4)5/h6-23,26H,1-5H3,(H,39,46)(H,40,45)(H,41,42,44)/b33-23-. The topological polar surface area (TPSA) is 103 Å². The van der Waals surface area contributed by atoms with E-state index < -0.39 is 5.91 Å². The zero-order chi connectivity index (χ0) is 34.2. The van der Waals surface area contributed by atoms with Gasteiger partial charge in [-0.15, -0.1) is 23.1 Å². The van der Waals surface area contributed by atoms with Crippen LogP contribution >= 0.6 is 23.1 Å². The van der Waals surface area contributed by atoms with E-state index in [4.69, 9.17) is 0 Å². The van der Waals surface area contributed by atoms with E-state index in [0.29, 0.717) is 16.4 Å². The first-order valence-corrected chi connectivity index (χ1v) is 17.0. The van der Waals surface area contributed by atoms with Crippen molar-refractivity contribution in [1.29, 1.82) is 0 Å². The van der Waals surface area contributed by atoms with E-state index in [0.717, 1.165) is 32.3 Å². The lowest BCUT2D eigenvalue weighted by Crippen LogP contribution is -2.30. The summed E-state index contributed by atoms with van der Waals surface area (Å²) >= 11 is 2.86. The third kappa shape index (κ3) is 8.99. The lowest BCUT2D eigenvalue weighted by atomic mass is 10.1. The predicted molar refractivity (Wildman–Crippen MR) is 199 cm³/mol. The number of benzene rings is 4. The molecule has 0 bridgehead atoms. The van der Waals surface area contributed by atoms with Gasteiger partial charge in [0.2, 0.25) is 5.91 Å². The summed E-state index contributed by atoms with van der Waals surface area (Å²) in [5.41, 5.74) is 5.93. The van der Waals surface area contributed by atoms with E-state index in [1.54, 1.807) is 42.5 Å². The summed E-state index contributed by atoms with van der Waals surface area (Å²) in [5, 5.41) is 8.79. The Morgan fingerprint density at radius 3 is 2.15 bits per heavy atom. The third-order valence-corrected chi connectivity index (χ3v) is 9.39. The Kier molecular flexibility index (Phi) is 11.1. The van der Waals surface area contributed by atoms with E-state index in [1.807, 2.05) is 106 Å². The fourth-order valence-corrected chi connectivity index (χ4v) is 6.39. The van der Waals surface area contributed by atoms with Crippen molar-refractivity contribution in [3.05, 3.63) is 130 Å². The van der Waals surface area contributed by atoms with Gasteiger partial charge in [0.1, 0.15) is 5.70 Å². The highest BCUT2D eigenvalue weighted by Gasteiger charge is 2.19. The summed E-state index contributed by atoms with van der Waals surface area (Å²) < 4.78 is 0. The molecule has 8 nitrogen and oxygen atoms in total. The summed E-state index contributed by atoms with van der Waals surface area (Å²) in [7, 11) is 3.91. The van der Waals surface area contributed by atoms with Crippen LogP contribution in [-0.4, -0.2) is 42.1 Å². The molecule has 3 N–H and O–H groups in total. The first-order valence-electron chi connectivity index (χ1n) is 15.3. The van der Waals surface area contributed by atoms with Crippen molar-refractivity contribution in [2.24, 2.45) is 0 Å². The number of nitrogens with one attached hydrogen (secondary N) is 3. The molecule has 0 spiro atoms. The largest absolute Gasteiger partial charge is 0.378 e. The second-order valence-electron chi connectivity index (χ2n) is 11.4. The number of nitrogens with zero attached hydrogens (tertiary/aromatic N) is 2. The van der Waals surface area contributed by atoms with Crippen LogP contribution in [0.5, 0.6) is 0 Å². The molecule has 48 heavy (non-hydrogen) atoms. The maximum Gasteiger partial charge on any atom is 0.272 e. The van der Waals surface area contributed by atoms with Gasteiger partial charge in [-0.1, -0.05) is 60.2 Å². The quantitative estimate of drug-likeness (QED) is 0.0968. The van der Waals surface area contributed by atoms with E-state index in [1.165, 1.54) is 28.7 Å². The maximum atomic E-state index is 13.5. The first-order chi connectivity index (χ1) is 23.0. The second kappa shape index (κ2) is 15.6. The number of aryl methyl sites for hydroxylation is 2. The van der Waals surface area contributed by atoms with Crippen LogP contribution in [0.4, 0.5) is 16.5 Å². The number of hydrogen-bond donors (Lipinski definition) is 3. The zero-order valence-electron chi connectivity index (χ0n) is 27.4. The third-order valence-electron chi connectivity index (χ3n) is 7.40. The Bertz CT molecular complexity index is 1920. The molecule has 244 valence electrons. The van der Waals surface area contributed by atoms with Crippen molar-refractivity contribution in [2.75, 3.05) is 29.6 Å². The van der Waals surface area contributed by atoms with Crippen LogP contribution in [0, 0.1) is 13.8 Å². The minimum absolute atomic E-state index is 0.105. The van der Waals surface area contributed by atoms with Crippen LogP contribution in [0.2, 0.25) is 0 Å². The van der Waals surface area contributed by atoms with Crippen LogP contribution in [-0.2, 0) is 9.59 Å². The molecular weight excluding hydrogens is 639 g/mol. The minimum atomic E-state index is -0.465. The Labute approximate surface area is 289 Å². The molecule has 1 atom stereocenters. The second-order valence-corrected chi connectivity index (χ2v) is 14.0. The number of aromatic nitrogens is 1. The molecule has 10 heteroatoms. The summed E-state index contributed by atoms with van der Waals surface area (Å²) in [6.45, 7) is 5.88. The molecule has 0 saturated carbocycles. The molecule has 1 heterocycles. The van der Waals surface area contributed by atoms with Crippen molar-refractivity contribution in [1.82, 2.24) is 10.3 Å². The molecule has 1 unspecified atom stereocenters. The van der Waals surface area contributed by atoms with Crippen LogP contribution in [0.3, 0.4) is 0 Å². The number of thioether (sulfide) groups is 1. The number of hydrogen-bond acceptors (Lipinski definition) is 7. The van der Waals surface area contributed by atoms with E-state index >= 15 is 0 Å². The van der Waals surface area contributed by atoms with Crippen molar-refractivity contribution >= 4 is 63.4 Å². The fraction of sp³-hybridized carbons (Fsp3) is 0.158. The number of anilines is 3. The molecule has 0 aliphatic rings. The van der Waals surface area contributed by atoms with Crippen LogP contribution in [0.1, 0.15) is 33.3 Å². The van der Waals surface area contributed by atoms with Gasteiger partial charge in [0.25, 0.3) is 11.8 Å². The highest BCUT2D eigenvalue weighted by atomic mass is 32.2. The van der Waals surface area contributed by atoms with Crippen LogP contribution < -0.4 is 20.9 Å². The number of amides is 3. The monoisotopic (exact) mass is 675 g/mol. The van der Waals surface area contributed by atoms with E-state index in [2.05, 4.69) is 20.9 Å². The highest BCUT2D eigenvalue weighted by Crippen LogP contribution is 2.32. The predicted octanol–water partition coefficient (Wildman–Crippen LogP) is 8.02. The Morgan fingerprint density at radius 1 is 0.833 bits per heavy atom. The molecule has 0 aliphatic heterocycles. The Balaban J connectivity index is 1.23. The van der Waals surface area contributed by atoms with Crippen LogP contribution in [0.25, 0.3) is 17.3 Å². The smallest absolute Gasteiger partial charge is 0.272 e. The van der Waals surface area contributed by atoms with Gasteiger partial charge in [-0.25, -0.2) is 4.98 Å². The van der Waals surface area contributed by atoms with Gasteiger partial charge in [-0.05, 0) is 80.9 Å². The Hall–Kier alpha value is -5.19. The van der Waals surface area contributed by atoms with Crippen molar-refractivity contribution in [3.63, 3.8) is 0 Å². The van der Waals surface area contributed by atoms with Crippen molar-refractivity contribution < 1.29 is 14.4 Å². The summed E-state index contributed by atoms with van der Waals surface area (Å²) in [5.74, 6) is -1.00. The molecule has 0 aliphatic carbocycles. The van der Waals surface area contributed by atoms with E-state index in [9.17, 15) is 14.4 Å². The lowest BCUT2D eigenvalue weighted by Gasteiger charge is -2.14. The molecule has 0 fully saturated rings. The average molecular weight is 676 g/mol. The Morgan fingerprint density at radius 2 is 1.50 bits per heavy atom. The van der Waals surface area contributed by atoms with Gasteiger partial charge in [-0.3, -0.25) is 14.4 Å². The molecule has 3 amide bonds. The van der Waals surface area contributed by atoms with Gasteiger partial charge in [-0.2, -0.15) is 0 Å². The van der Waals surface area contributed by atoms with Gasteiger partial charge >= 0.3 is 0 Å². The summed E-state index contributed by atoms with van der Waals surface area (Å²) in [6, 6.07) is 31.8. The maximum absolute atomic E-state index is 13.5. The molecule has 1 aromatic heterocycles. The summed E-state index contributed by atoms with van der Waals surface area (Å²) in [4.78, 5) is 48.0. The normalized spacial score (nSPS) is 11.8. The molecule has 4 aromatic carbocycles. The SMILES string of the molecule is Cc1ccc(-c2nc(NC(=O)C(C)Sc3ccc(NC(=O)/C(=C/c4ccc(N(C)C)cc4)NC(=O)c4ccccc4)cc3)sc2C)cc1. The van der Waals surface area contributed by atoms with Crippen molar-refractivity contribution in [2.45, 2.75) is 30.9 Å². The highest BCUT2D eigenvalue weighted by molar-refractivity contribution is 8.00. The molecule has 5 aromatic rings. The van der Waals surface area contributed by atoms with Crippen LogP contribution in [0.15, 0.2) is 114 Å². The fourth-order valence-electron chi connectivity index (χ4n) is 4.69. The average Bonchev–Trinajstić information content (AvgIpc) is 3.45. The van der Waals surface area contributed by atoms with Gasteiger partial charge in [0, 0.05) is 46.4 Å². The minimum Gasteiger partial charge on any atom is -0.378 e. The summed E-state index contributed by atoms with van der Waals surface area (Å²) in [6.07, 6.45) is 1.65. The molecule has 0 radical (unpaired) electrons. The number of thiazole rings is 1. The number of rotatable bonds is 11. The molecular formula is C38H37N5O3S2.